The molecule has 0 bridgehead atoms. The van der Waals surface area contributed by atoms with Gasteiger partial charge in [0.1, 0.15) is 17.3 Å². The number of aromatic hydroxyl groups is 1. The molecule has 35 heavy (non-hydrogen) atoms. The highest BCUT2D eigenvalue weighted by Crippen LogP contribution is 2.23. The van der Waals surface area contributed by atoms with E-state index in [1.165, 1.54) is 19.3 Å². The van der Waals surface area contributed by atoms with Crippen LogP contribution in [0.1, 0.15) is 34.2 Å². The summed E-state index contributed by atoms with van der Waals surface area (Å²) >= 11 is 0. The topological polar surface area (TPSA) is 110 Å². The number of ether oxygens (including phenoxy) is 1. The highest BCUT2D eigenvalue weighted by atomic mass is 32.2. The van der Waals surface area contributed by atoms with E-state index in [-0.39, 0.29) is 23.0 Å². The number of carbonyl (C=O) groups is 1. The number of hydrogen-bond acceptors (Lipinski definition) is 6. The van der Waals surface area contributed by atoms with Gasteiger partial charge in [0.25, 0.3) is 0 Å². The standard InChI is InChI=1S/C27H28O7S/c1-19-5-3-7-22(15-19)18-35(31,32)34-24-13-10-20(11-14-24)6-4-8-23-12-9-21(16-25(23)28)17-26(33-2)27(29)30/h3,5,7,9-17,28H,4,6,8,18H2,1-2H3,(H,29,30). The molecule has 0 aliphatic rings. The Morgan fingerprint density at radius 1 is 0.971 bits per heavy atom. The Morgan fingerprint density at radius 2 is 1.71 bits per heavy atom. The molecule has 0 saturated carbocycles. The lowest BCUT2D eigenvalue weighted by Gasteiger charge is -2.09. The largest absolute Gasteiger partial charge is 0.508 e. The van der Waals surface area contributed by atoms with Crippen molar-refractivity contribution in [3.63, 3.8) is 0 Å². The van der Waals surface area contributed by atoms with Crippen LogP contribution in [0.3, 0.4) is 0 Å². The summed E-state index contributed by atoms with van der Waals surface area (Å²) in [6, 6.07) is 19.2. The van der Waals surface area contributed by atoms with Crippen LogP contribution in [0.2, 0.25) is 0 Å². The summed E-state index contributed by atoms with van der Waals surface area (Å²) in [6.07, 6.45) is 3.45. The van der Waals surface area contributed by atoms with E-state index in [9.17, 15) is 18.3 Å². The smallest absolute Gasteiger partial charge is 0.371 e. The fraction of sp³-hybridized carbons (Fsp3) is 0.222. The van der Waals surface area contributed by atoms with Crippen molar-refractivity contribution in [2.45, 2.75) is 31.9 Å². The van der Waals surface area contributed by atoms with Gasteiger partial charge in [0, 0.05) is 0 Å². The molecule has 0 amide bonds. The molecule has 0 radical (unpaired) electrons. The van der Waals surface area contributed by atoms with Crippen molar-refractivity contribution in [3.8, 4) is 11.5 Å². The van der Waals surface area contributed by atoms with Crippen molar-refractivity contribution in [3.05, 3.63) is 100 Å². The van der Waals surface area contributed by atoms with Crippen molar-refractivity contribution in [1.29, 1.82) is 0 Å². The minimum atomic E-state index is -3.77. The van der Waals surface area contributed by atoms with Crippen LogP contribution in [0.15, 0.2) is 72.5 Å². The Hall–Kier alpha value is -3.78. The molecule has 0 spiro atoms. The normalized spacial score (nSPS) is 11.8. The van der Waals surface area contributed by atoms with Gasteiger partial charge in [0.05, 0.1) is 7.11 Å². The van der Waals surface area contributed by atoms with E-state index in [2.05, 4.69) is 0 Å². The fourth-order valence-corrected chi connectivity index (χ4v) is 4.67. The van der Waals surface area contributed by atoms with Gasteiger partial charge in [-0.25, -0.2) is 4.79 Å². The highest BCUT2D eigenvalue weighted by Gasteiger charge is 2.14. The number of hydrogen-bond donors (Lipinski definition) is 2. The molecule has 2 N–H and O–H groups in total. The number of phenolic OH excluding ortho intramolecular Hbond substituents is 1. The second kappa shape index (κ2) is 11.6. The number of phenols is 1. The molecule has 3 aromatic rings. The summed E-state index contributed by atoms with van der Waals surface area (Å²) in [5.41, 5.74) is 3.95. The number of benzene rings is 3. The van der Waals surface area contributed by atoms with Crippen LogP contribution in [0, 0.1) is 6.92 Å². The van der Waals surface area contributed by atoms with Gasteiger partial charge in [-0.3, -0.25) is 0 Å². The van der Waals surface area contributed by atoms with Gasteiger partial charge in [0.2, 0.25) is 5.76 Å². The van der Waals surface area contributed by atoms with E-state index in [0.717, 1.165) is 29.5 Å². The third-order valence-electron chi connectivity index (χ3n) is 5.32. The minimum Gasteiger partial charge on any atom is -0.508 e. The first-order chi connectivity index (χ1) is 16.6. The number of carboxylic acid groups (broad SMARTS) is 1. The van der Waals surface area contributed by atoms with E-state index < -0.39 is 16.1 Å². The van der Waals surface area contributed by atoms with Crippen LogP contribution < -0.4 is 4.18 Å². The third kappa shape index (κ3) is 7.89. The van der Waals surface area contributed by atoms with E-state index in [1.54, 1.807) is 30.3 Å². The van der Waals surface area contributed by atoms with Gasteiger partial charge in [-0.1, -0.05) is 54.1 Å². The zero-order valence-electron chi connectivity index (χ0n) is 19.6. The average molecular weight is 497 g/mol. The molecule has 0 aromatic heterocycles. The SMILES string of the molecule is COC(=Cc1ccc(CCCc2ccc(OS(=O)(=O)Cc3cccc(C)c3)cc2)c(O)c1)C(=O)O. The van der Waals surface area contributed by atoms with E-state index in [4.69, 9.17) is 14.0 Å². The number of rotatable bonds is 11. The van der Waals surface area contributed by atoms with Crippen LogP contribution in [0.25, 0.3) is 6.08 Å². The van der Waals surface area contributed by atoms with Crippen LogP contribution in [-0.4, -0.2) is 31.7 Å². The Balaban J connectivity index is 1.54. The van der Waals surface area contributed by atoms with E-state index >= 15 is 0 Å². The molecule has 0 atom stereocenters. The van der Waals surface area contributed by atoms with Gasteiger partial charge < -0.3 is 19.1 Å². The molecule has 184 valence electrons. The van der Waals surface area contributed by atoms with Crippen molar-refractivity contribution >= 4 is 22.2 Å². The van der Waals surface area contributed by atoms with Crippen LogP contribution in [0.5, 0.6) is 11.5 Å². The molecule has 7 nitrogen and oxygen atoms in total. The fourth-order valence-electron chi connectivity index (χ4n) is 3.62. The Kier molecular flexibility index (Phi) is 8.54. The number of methoxy groups -OCH3 is 1. The van der Waals surface area contributed by atoms with Crippen LogP contribution in [0.4, 0.5) is 0 Å². The summed E-state index contributed by atoms with van der Waals surface area (Å²) in [4.78, 5) is 11.0. The minimum absolute atomic E-state index is 0.0853. The molecule has 0 aliphatic heterocycles. The van der Waals surface area contributed by atoms with Crippen molar-refractivity contribution in [2.75, 3.05) is 7.11 Å². The lowest BCUT2D eigenvalue weighted by Crippen LogP contribution is -2.12. The predicted octanol–water partition coefficient (Wildman–Crippen LogP) is 4.86. The maximum absolute atomic E-state index is 12.4. The molecule has 0 saturated heterocycles. The molecule has 8 heteroatoms. The zero-order chi connectivity index (χ0) is 25.4. The van der Waals surface area contributed by atoms with Gasteiger partial charge in [-0.05, 0) is 72.7 Å². The maximum Gasteiger partial charge on any atom is 0.371 e. The summed E-state index contributed by atoms with van der Waals surface area (Å²) < 4.78 is 34.8. The highest BCUT2D eigenvalue weighted by molar-refractivity contribution is 7.86. The van der Waals surface area contributed by atoms with Crippen molar-refractivity contribution in [2.24, 2.45) is 0 Å². The first kappa shape index (κ1) is 25.8. The Labute approximate surface area is 205 Å². The molecule has 0 heterocycles. The molecule has 0 unspecified atom stereocenters. The Morgan fingerprint density at radius 3 is 2.34 bits per heavy atom. The molecule has 0 aliphatic carbocycles. The summed E-state index contributed by atoms with van der Waals surface area (Å²) in [5, 5.41) is 19.3. The molecule has 3 rings (SSSR count). The van der Waals surface area contributed by atoms with Gasteiger partial charge in [0.15, 0.2) is 0 Å². The first-order valence-corrected chi connectivity index (χ1v) is 12.6. The van der Waals surface area contributed by atoms with Crippen LogP contribution >= 0.6 is 0 Å². The van der Waals surface area contributed by atoms with E-state index in [1.807, 2.05) is 37.3 Å². The third-order valence-corrected chi connectivity index (χ3v) is 6.46. The lowest BCUT2D eigenvalue weighted by atomic mass is 10.0. The maximum atomic E-state index is 12.4. The van der Waals surface area contributed by atoms with Gasteiger partial charge >= 0.3 is 16.1 Å². The summed E-state index contributed by atoms with van der Waals surface area (Å²) in [5.74, 6) is -1.25. The first-order valence-electron chi connectivity index (χ1n) is 11.0. The molecule has 0 fully saturated rings. The lowest BCUT2D eigenvalue weighted by molar-refractivity contribution is -0.135. The number of carboxylic acids is 1. The van der Waals surface area contributed by atoms with Gasteiger partial charge in [-0.15, -0.1) is 0 Å². The van der Waals surface area contributed by atoms with E-state index in [0.29, 0.717) is 17.5 Å². The Bertz CT molecular complexity index is 1310. The number of aliphatic carboxylic acids is 1. The van der Waals surface area contributed by atoms with Crippen molar-refractivity contribution in [1.82, 2.24) is 0 Å². The summed E-state index contributed by atoms with van der Waals surface area (Å²) in [7, 11) is -2.49. The monoisotopic (exact) mass is 496 g/mol. The quantitative estimate of drug-likeness (QED) is 0.222. The molecular formula is C27H28O7S. The van der Waals surface area contributed by atoms with Gasteiger partial charge in [-0.2, -0.15) is 8.42 Å². The summed E-state index contributed by atoms with van der Waals surface area (Å²) in [6.45, 7) is 1.91. The van der Waals surface area contributed by atoms with Crippen molar-refractivity contribution < 1.29 is 32.3 Å². The molecule has 3 aromatic carbocycles. The zero-order valence-corrected chi connectivity index (χ0v) is 20.4. The number of aryl methyl sites for hydroxylation is 3. The molecular weight excluding hydrogens is 468 g/mol. The second-order valence-corrected chi connectivity index (χ2v) is 9.75. The second-order valence-electron chi connectivity index (χ2n) is 8.18. The van der Waals surface area contributed by atoms with Crippen LogP contribution in [-0.2, 0) is 38.2 Å². The predicted molar refractivity (Wildman–Crippen MR) is 134 cm³/mol. The average Bonchev–Trinajstić information content (AvgIpc) is 2.79.